The van der Waals surface area contributed by atoms with Crippen molar-refractivity contribution in [2.24, 2.45) is 35.0 Å². The number of ether oxygens (including phenoxy) is 2. The number of hydrogen-bond acceptors (Lipinski definition) is 2. The van der Waals surface area contributed by atoms with Gasteiger partial charge in [-0.1, -0.05) is 32.4 Å². The van der Waals surface area contributed by atoms with Crippen molar-refractivity contribution in [1.82, 2.24) is 0 Å². The van der Waals surface area contributed by atoms with Gasteiger partial charge in [0, 0.05) is 27.1 Å². The molecule has 4 rings (SSSR count). The lowest BCUT2D eigenvalue weighted by atomic mass is 9.50. The minimum Gasteiger partial charge on any atom is -0.353 e. The van der Waals surface area contributed by atoms with Gasteiger partial charge in [0.15, 0.2) is 5.79 Å². The van der Waals surface area contributed by atoms with Crippen LogP contribution in [0.1, 0.15) is 85.5 Å². The molecule has 0 N–H and O–H groups in total. The minimum absolute atomic E-state index is 0.289. The van der Waals surface area contributed by atoms with Gasteiger partial charge in [0.2, 0.25) is 0 Å². The van der Waals surface area contributed by atoms with Crippen molar-refractivity contribution < 1.29 is 9.47 Å². The van der Waals surface area contributed by atoms with Gasteiger partial charge in [-0.25, -0.2) is 0 Å². The second-order valence-electron chi connectivity index (χ2n) is 9.31. The minimum atomic E-state index is -0.289. The fourth-order valence-corrected chi connectivity index (χ4v) is 7.60. The predicted molar refractivity (Wildman–Crippen MR) is 109 cm³/mol. The van der Waals surface area contributed by atoms with Gasteiger partial charge < -0.3 is 9.47 Å². The van der Waals surface area contributed by atoms with Crippen LogP contribution in [0.4, 0.5) is 0 Å². The molecule has 0 heterocycles. The molecule has 0 amide bonds. The molecule has 6 unspecified atom stereocenters. The van der Waals surface area contributed by atoms with E-state index in [2.05, 4.69) is 19.9 Å². The van der Waals surface area contributed by atoms with Crippen molar-refractivity contribution in [3.63, 3.8) is 0 Å². The molecule has 0 bridgehead atoms. The molecule has 0 aromatic heterocycles. The van der Waals surface area contributed by atoms with E-state index in [1.807, 2.05) is 28.1 Å². The first kappa shape index (κ1) is 20.4. The Hall–Kier alpha value is -0.340. The Balaban J connectivity index is 0.000000948. The molecule has 2 nitrogen and oxygen atoms in total. The zero-order valence-electron chi connectivity index (χ0n) is 18.1. The number of rotatable bonds is 2. The summed E-state index contributed by atoms with van der Waals surface area (Å²) >= 11 is 0. The average molecular weight is 363 g/mol. The van der Waals surface area contributed by atoms with E-state index in [0.29, 0.717) is 5.41 Å². The smallest absolute Gasteiger partial charge is 0.167 e. The largest absolute Gasteiger partial charge is 0.353 e. The van der Waals surface area contributed by atoms with Crippen LogP contribution >= 0.6 is 0 Å². The Morgan fingerprint density at radius 2 is 1.58 bits per heavy atom. The van der Waals surface area contributed by atoms with E-state index in [1.165, 1.54) is 44.9 Å². The SMILES string of the molecule is C/C=C1\CCC2C3CCC4CC(OC)(OC)CCC4C3CCC12C.CC. The molecule has 4 fully saturated rings. The maximum Gasteiger partial charge on any atom is 0.167 e. The van der Waals surface area contributed by atoms with Crippen LogP contribution in [0.15, 0.2) is 11.6 Å². The van der Waals surface area contributed by atoms with Gasteiger partial charge in [-0.05, 0) is 86.9 Å². The van der Waals surface area contributed by atoms with Gasteiger partial charge in [0.05, 0.1) is 0 Å². The Labute approximate surface area is 162 Å². The quantitative estimate of drug-likeness (QED) is 0.407. The first-order valence-corrected chi connectivity index (χ1v) is 11.3. The standard InChI is InChI=1S/C22H36O2.C2H6/c1-5-16-7-9-20-19-8-6-15-14-22(23-3,24-4)13-11-17(15)18(19)10-12-21(16,20)2;1-2/h5,15,17-20H,6-14H2,1-4H3;1-2H3/b16-5+;. The molecule has 4 aliphatic carbocycles. The van der Waals surface area contributed by atoms with Crippen LogP contribution in [0.2, 0.25) is 0 Å². The second kappa shape index (κ2) is 7.95. The van der Waals surface area contributed by atoms with Crippen molar-refractivity contribution in [1.29, 1.82) is 0 Å². The molecule has 6 atom stereocenters. The van der Waals surface area contributed by atoms with E-state index in [-0.39, 0.29) is 5.79 Å². The first-order chi connectivity index (χ1) is 12.6. The molecule has 0 aromatic rings. The Kier molecular flexibility index (Phi) is 6.24. The molecular formula is C24H42O2. The lowest BCUT2D eigenvalue weighted by Gasteiger charge is -2.56. The summed E-state index contributed by atoms with van der Waals surface area (Å²) in [5, 5.41) is 0. The zero-order chi connectivity index (χ0) is 18.9. The van der Waals surface area contributed by atoms with Crippen molar-refractivity contribution >= 4 is 0 Å². The van der Waals surface area contributed by atoms with E-state index in [4.69, 9.17) is 9.47 Å². The summed E-state index contributed by atoms with van der Waals surface area (Å²) in [5.74, 6) is 4.39. The topological polar surface area (TPSA) is 18.5 Å². The maximum atomic E-state index is 5.80. The van der Waals surface area contributed by atoms with Crippen molar-refractivity contribution in [2.75, 3.05) is 14.2 Å². The van der Waals surface area contributed by atoms with Crippen molar-refractivity contribution in [3.05, 3.63) is 11.6 Å². The van der Waals surface area contributed by atoms with Crippen LogP contribution in [-0.4, -0.2) is 20.0 Å². The molecule has 2 heteroatoms. The third-order valence-corrected chi connectivity index (χ3v) is 8.89. The molecule has 0 saturated heterocycles. The Morgan fingerprint density at radius 3 is 2.23 bits per heavy atom. The zero-order valence-corrected chi connectivity index (χ0v) is 18.1. The number of methoxy groups -OCH3 is 2. The van der Waals surface area contributed by atoms with Crippen molar-refractivity contribution in [3.8, 4) is 0 Å². The van der Waals surface area contributed by atoms with Gasteiger partial charge in [0.1, 0.15) is 0 Å². The molecule has 150 valence electrons. The van der Waals surface area contributed by atoms with Crippen LogP contribution in [0, 0.1) is 35.0 Å². The van der Waals surface area contributed by atoms with Crippen LogP contribution in [0.3, 0.4) is 0 Å². The molecule has 0 spiro atoms. The first-order valence-electron chi connectivity index (χ1n) is 11.3. The predicted octanol–water partition coefficient (Wildman–Crippen LogP) is 6.60. The number of hydrogen-bond donors (Lipinski definition) is 0. The maximum absolute atomic E-state index is 5.80. The Bertz CT molecular complexity index is 506. The highest BCUT2D eigenvalue weighted by molar-refractivity contribution is 5.23. The van der Waals surface area contributed by atoms with E-state index in [9.17, 15) is 0 Å². The second-order valence-corrected chi connectivity index (χ2v) is 9.31. The van der Waals surface area contributed by atoms with Crippen LogP contribution in [0.5, 0.6) is 0 Å². The van der Waals surface area contributed by atoms with Gasteiger partial charge in [0.25, 0.3) is 0 Å². The number of allylic oxidation sites excluding steroid dienone is 2. The summed E-state index contributed by atoms with van der Waals surface area (Å²) in [6.45, 7) is 8.85. The van der Waals surface area contributed by atoms with Crippen LogP contribution < -0.4 is 0 Å². The molecule has 4 aliphatic rings. The average Bonchev–Trinajstić information content (AvgIpc) is 3.05. The van der Waals surface area contributed by atoms with E-state index in [1.54, 1.807) is 5.57 Å². The highest BCUT2D eigenvalue weighted by Gasteiger charge is 2.56. The monoisotopic (exact) mass is 362 g/mol. The fraction of sp³-hybridized carbons (Fsp3) is 0.917. The van der Waals surface area contributed by atoms with Gasteiger partial charge in [-0.3, -0.25) is 0 Å². The van der Waals surface area contributed by atoms with Gasteiger partial charge >= 0.3 is 0 Å². The summed E-state index contributed by atoms with van der Waals surface area (Å²) in [6, 6.07) is 0. The lowest BCUT2D eigenvalue weighted by Crippen LogP contribution is -2.51. The number of fused-ring (bicyclic) bond motifs is 5. The molecule has 0 aromatic carbocycles. The van der Waals surface area contributed by atoms with Crippen molar-refractivity contribution in [2.45, 2.75) is 91.3 Å². The van der Waals surface area contributed by atoms with Gasteiger partial charge in [-0.15, -0.1) is 0 Å². The molecule has 0 radical (unpaired) electrons. The summed E-state index contributed by atoms with van der Waals surface area (Å²) < 4.78 is 11.6. The third-order valence-electron chi connectivity index (χ3n) is 8.89. The van der Waals surface area contributed by atoms with E-state index < -0.39 is 0 Å². The molecular weight excluding hydrogens is 320 g/mol. The summed E-state index contributed by atoms with van der Waals surface area (Å²) in [7, 11) is 3.66. The summed E-state index contributed by atoms with van der Waals surface area (Å²) in [4.78, 5) is 0. The highest BCUT2D eigenvalue weighted by Crippen LogP contribution is 2.64. The molecule has 26 heavy (non-hydrogen) atoms. The van der Waals surface area contributed by atoms with Crippen LogP contribution in [-0.2, 0) is 9.47 Å². The highest BCUT2D eigenvalue weighted by atomic mass is 16.7. The molecule has 0 aliphatic heterocycles. The Morgan fingerprint density at radius 1 is 0.885 bits per heavy atom. The lowest BCUT2D eigenvalue weighted by molar-refractivity contribution is -0.246. The normalized spacial score (nSPS) is 45.2. The summed E-state index contributed by atoms with van der Waals surface area (Å²) in [6.07, 6.45) is 14.5. The third kappa shape index (κ3) is 3.09. The van der Waals surface area contributed by atoms with E-state index >= 15 is 0 Å². The fourth-order valence-electron chi connectivity index (χ4n) is 7.60. The van der Waals surface area contributed by atoms with Crippen LogP contribution in [0.25, 0.3) is 0 Å². The van der Waals surface area contributed by atoms with E-state index in [0.717, 1.165) is 42.4 Å². The van der Waals surface area contributed by atoms with Gasteiger partial charge in [-0.2, -0.15) is 0 Å². The summed E-state index contributed by atoms with van der Waals surface area (Å²) in [5.41, 5.74) is 2.30. The molecule has 4 saturated carbocycles.